The molecule has 7 heteroatoms. The third-order valence-corrected chi connectivity index (χ3v) is 4.20. The summed E-state index contributed by atoms with van der Waals surface area (Å²) >= 11 is 0. The SMILES string of the molecule is Cc1ccc(C)c(S(=O)(=O)Nc2ncccn2)c1N. The molecule has 6 nitrogen and oxygen atoms in total. The van der Waals surface area contributed by atoms with E-state index in [1.165, 1.54) is 12.4 Å². The Kier molecular flexibility index (Phi) is 3.39. The molecule has 3 N–H and O–H groups in total. The molecule has 0 unspecified atom stereocenters. The Morgan fingerprint density at radius 3 is 2.32 bits per heavy atom. The van der Waals surface area contributed by atoms with Gasteiger partial charge in [0.1, 0.15) is 4.90 Å². The number of hydrogen-bond donors (Lipinski definition) is 2. The van der Waals surface area contributed by atoms with Crippen molar-refractivity contribution < 1.29 is 8.42 Å². The lowest BCUT2D eigenvalue weighted by atomic mass is 10.1. The third kappa shape index (κ3) is 2.65. The van der Waals surface area contributed by atoms with Crippen LogP contribution >= 0.6 is 0 Å². The summed E-state index contributed by atoms with van der Waals surface area (Å²) in [5.41, 5.74) is 7.39. The van der Waals surface area contributed by atoms with Crippen LogP contribution in [0.3, 0.4) is 0 Å². The third-order valence-electron chi connectivity index (χ3n) is 2.67. The Labute approximate surface area is 111 Å². The topological polar surface area (TPSA) is 98.0 Å². The van der Waals surface area contributed by atoms with Crippen molar-refractivity contribution in [1.82, 2.24) is 9.97 Å². The molecule has 0 bridgehead atoms. The van der Waals surface area contributed by atoms with Gasteiger partial charge in [-0.15, -0.1) is 0 Å². The van der Waals surface area contributed by atoms with Crippen LogP contribution in [0.5, 0.6) is 0 Å². The number of aryl methyl sites for hydroxylation is 2. The molecule has 100 valence electrons. The van der Waals surface area contributed by atoms with Gasteiger partial charge in [0.25, 0.3) is 10.0 Å². The highest BCUT2D eigenvalue weighted by Gasteiger charge is 2.22. The normalized spacial score (nSPS) is 11.3. The first-order valence-electron chi connectivity index (χ1n) is 5.57. The van der Waals surface area contributed by atoms with Gasteiger partial charge in [-0.25, -0.2) is 23.1 Å². The fourth-order valence-electron chi connectivity index (χ4n) is 1.69. The number of aromatic nitrogens is 2. The molecule has 19 heavy (non-hydrogen) atoms. The zero-order valence-corrected chi connectivity index (χ0v) is 11.4. The molecule has 0 aliphatic carbocycles. The highest BCUT2D eigenvalue weighted by Crippen LogP contribution is 2.26. The van der Waals surface area contributed by atoms with Crippen molar-refractivity contribution in [3.05, 3.63) is 41.7 Å². The van der Waals surface area contributed by atoms with Crippen molar-refractivity contribution in [3.8, 4) is 0 Å². The lowest BCUT2D eigenvalue weighted by Crippen LogP contribution is -2.18. The smallest absolute Gasteiger partial charge is 0.266 e. The van der Waals surface area contributed by atoms with Gasteiger partial charge in [0.15, 0.2) is 0 Å². The van der Waals surface area contributed by atoms with Gasteiger partial charge in [-0.1, -0.05) is 12.1 Å². The number of nitrogens with one attached hydrogen (secondary N) is 1. The molecule has 0 aliphatic heterocycles. The number of sulfonamides is 1. The molecule has 0 spiro atoms. The molecule has 0 radical (unpaired) electrons. The van der Waals surface area contributed by atoms with Gasteiger partial charge in [0.05, 0.1) is 5.69 Å². The maximum Gasteiger partial charge on any atom is 0.266 e. The van der Waals surface area contributed by atoms with Crippen LogP contribution < -0.4 is 10.5 Å². The molecule has 1 aromatic carbocycles. The minimum Gasteiger partial charge on any atom is -0.397 e. The van der Waals surface area contributed by atoms with Gasteiger partial charge in [0.2, 0.25) is 5.95 Å². The van der Waals surface area contributed by atoms with Gasteiger partial charge in [-0.3, -0.25) is 0 Å². The largest absolute Gasteiger partial charge is 0.397 e. The van der Waals surface area contributed by atoms with Crippen LogP contribution in [0.25, 0.3) is 0 Å². The predicted octanol–water partition coefficient (Wildman–Crippen LogP) is 1.48. The lowest BCUT2D eigenvalue weighted by molar-refractivity contribution is 0.600. The zero-order chi connectivity index (χ0) is 14.0. The van der Waals surface area contributed by atoms with E-state index in [1.54, 1.807) is 32.0 Å². The van der Waals surface area contributed by atoms with Gasteiger partial charge in [0, 0.05) is 12.4 Å². The van der Waals surface area contributed by atoms with Crippen LogP contribution in [0.2, 0.25) is 0 Å². The molecule has 2 aromatic rings. The molecule has 0 saturated carbocycles. The second-order valence-electron chi connectivity index (χ2n) is 4.12. The molecular formula is C12H14N4O2S. The molecule has 0 amide bonds. The van der Waals surface area contributed by atoms with E-state index in [9.17, 15) is 8.42 Å². The number of anilines is 2. The van der Waals surface area contributed by atoms with E-state index in [2.05, 4.69) is 14.7 Å². The minimum absolute atomic E-state index is 0.0165. The number of benzene rings is 1. The van der Waals surface area contributed by atoms with E-state index in [0.29, 0.717) is 11.1 Å². The summed E-state index contributed by atoms with van der Waals surface area (Å²) in [4.78, 5) is 7.73. The van der Waals surface area contributed by atoms with E-state index >= 15 is 0 Å². The van der Waals surface area contributed by atoms with Crippen molar-refractivity contribution in [2.75, 3.05) is 10.5 Å². The number of nitrogens with two attached hydrogens (primary N) is 1. The van der Waals surface area contributed by atoms with E-state index in [1.807, 2.05) is 0 Å². The Balaban J connectivity index is 2.49. The fraction of sp³-hybridized carbons (Fsp3) is 0.167. The van der Waals surface area contributed by atoms with Crippen molar-refractivity contribution in [2.24, 2.45) is 0 Å². The van der Waals surface area contributed by atoms with Crippen molar-refractivity contribution in [1.29, 1.82) is 0 Å². The van der Waals surface area contributed by atoms with Crippen LogP contribution in [0.4, 0.5) is 11.6 Å². The van der Waals surface area contributed by atoms with E-state index in [-0.39, 0.29) is 16.5 Å². The second kappa shape index (κ2) is 4.85. The standard InChI is InChI=1S/C12H14N4O2S/c1-8-4-5-9(2)11(10(8)13)19(17,18)16-12-14-6-3-7-15-12/h3-7H,13H2,1-2H3,(H,14,15,16). The van der Waals surface area contributed by atoms with Crippen LogP contribution in [0.15, 0.2) is 35.5 Å². The highest BCUT2D eigenvalue weighted by atomic mass is 32.2. The summed E-state index contributed by atoms with van der Waals surface area (Å²) in [6.07, 6.45) is 2.91. The van der Waals surface area contributed by atoms with Crippen molar-refractivity contribution >= 4 is 21.7 Å². The summed E-state index contributed by atoms with van der Waals surface area (Å²) in [5, 5.41) is 0. The van der Waals surface area contributed by atoms with Gasteiger partial charge >= 0.3 is 0 Å². The van der Waals surface area contributed by atoms with E-state index in [4.69, 9.17) is 5.73 Å². The maximum atomic E-state index is 12.3. The Morgan fingerprint density at radius 2 is 1.68 bits per heavy atom. The van der Waals surface area contributed by atoms with E-state index < -0.39 is 10.0 Å². The first-order chi connectivity index (χ1) is 8.92. The summed E-state index contributed by atoms with van der Waals surface area (Å²) in [7, 11) is -3.80. The summed E-state index contributed by atoms with van der Waals surface area (Å²) in [6.45, 7) is 3.45. The molecular weight excluding hydrogens is 264 g/mol. The highest BCUT2D eigenvalue weighted by molar-refractivity contribution is 7.93. The second-order valence-corrected chi connectivity index (χ2v) is 5.74. The molecule has 1 aromatic heterocycles. The number of rotatable bonds is 3. The molecule has 0 fully saturated rings. The van der Waals surface area contributed by atoms with Crippen LogP contribution in [0.1, 0.15) is 11.1 Å². The molecule has 0 aliphatic rings. The molecule has 1 heterocycles. The summed E-state index contributed by atoms with van der Waals surface area (Å²) in [5.74, 6) is 0.0165. The van der Waals surface area contributed by atoms with Crippen LogP contribution in [-0.2, 0) is 10.0 Å². The van der Waals surface area contributed by atoms with Gasteiger partial charge in [-0.2, -0.15) is 0 Å². The maximum absolute atomic E-state index is 12.3. The summed E-state index contributed by atoms with van der Waals surface area (Å²) in [6, 6.07) is 5.10. The first kappa shape index (κ1) is 13.3. The van der Waals surface area contributed by atoms with Crippen LogP contribution in [-0.4, -0.2) is 18.4 Å². The summed E-state index contributed by atoms with van der Waals surface area (Å²) < 4.78 is 27.0. The predicted molar refractivity (Wildman–Crippen MR) is 73.2 cm³/mol. The Morgan fingerprint density at radius 1 is 1.11 bits per heavy atom. The molecule has 0 atom stereocenters. The number of hydrogen-bond acceptors (Lipinski definition) is 5. The average Bonchev–Trinajstić information content (AvgIpc) is 2.35. The zero-order valence-electron chi connectivity index (χ0n) is 10.6. The molecule has 2 rings (SSSR count). The lowest BCUT2D eigenvalue weighted by Gasteiger charge is -2.13. The van der Waals surface area contributed by atoms with Gasteiger partial charge in [-0.05, 0) is 31.0 Å². The monoisotopic (exact) mass is 278 g/mol. The van der Waals surface area contributed by atoms with Crippen LogP contribution in [0, 0.1) is 13.8 Å². The fourth-order valence-corrected chi connectivity index (χ4v) is 3.08. The average molecular weight is 278 g/mol. The quantitative estimate of drug-likeness (QED) is 0.829. The van der Waals surface area contributed by atoms with E-state index in [0.717, 1.165) is 0 Å². The Hall–Kier alpha value is -2.15. The molecule has 0 saturated heterocycles. The number of nitrogens with zero attached hydrogens (tertiary/aromatic N) is 2. The Bertz CT molecular complexity index is 699. The first-order valence-corrected chi connectivity index (χ1v) is 7.05. The van der Waals surface area contributed by atoms with Crippen molar-refractivity contribution in [2.45, 2.75) is 18.7 Å². The number of nitrogen functional groups attached to an aromatic ring is 1. The van der Waals surface area contributed by atoms with Crippen molar-refractivity contribution in [3.63, 3.8) is 0 Å². The van der Waals surface area contributed by atoms with Gasteiger partial charge < -0.3 is 5.73 Å². The minimum atomic E-state index is -3.80.